The summed E-state index contributed by atoms with van der Waals surface area (Å²) in [5.41, 5.74) is 4.07. The Labute approximate surface area is 175 Å². The number of aromatic nitrogens is 4. The minimum absolute atomic E-state index is 0.0908. The Kier molecular flexibility index (Phi) is 4.15. The van der Waals surface area contributed by atoms with Crippen LogP contribution in [0.3, 0.4) is 0 Å². The average Bonchev–Trinajstić information content (AvgIpc) is 3.33. The van der Waals surface area contributed by atoms with Crippen molar-refractivity contribution in [2.24, 2.45) is 0 Å². The number of hydrogen-bond donors (Lipinski definition) is 1. The van der Waals surface area contributed by atoms with E-state index >= 15 is 0 Å². The van der Waals surface area contributed by atoms with Gasteiger partial charge in [0.25, 0.3) is 5.56 Å². The molecule has 2 aromatic carbocycles. The zero-order valence-electron chi connectivity index (χ0n) is 15.7. The molecular formula is C21H16ClN5OS. The molecule has 0 spiro atoms. The largest absolute Gasteiger partial charge is 0.349 e. The number of nitrogens with zero attached hydrogens (tertiary/aromatic N) is 4. The molecule has 0 aliphatic rings. The molecule has 144 valence electrons. The van der Waals surface area contributed by atoms with Crippen LogP contribution in [-0.2, 0) is 0 Å². The lowest BCUT2D eigenvalue weighted by atomic mass is 10.2. The fourth-order valence-corrected chi connectivity index (χ4v) is 4.37. The quantitative estimate of drug-likeness (QED) is 0.458. The first-order chi connectivity index (χ1) is 14.0. The molecule has 3 aromatic heterocycles. The van der Waals surface area contributed by atoms with Gasteiger partial charge in [0.05, 0.1) is 22.2 Å². The molecule has 8 heteroatoms. The van der Waals surface area contributed by atoms with Gasteiger partial charge < -0.3 is 9.88 Å². The molecule has 6 nitrogen and oxygen atoms in total. The zero-order valence-corrected chi connectivity index (χ0v) is 17.3. The number of benzene rings is 2. The van der Waals surface area contributed by atoms with Gasteiger partial charge in [0.1, 0.15) is 11.0 Å². The minimum Gasteiger partial charge on any atom is -0.349 e. The van der Waals surface area contributed by atoms with E-state index in [1.807, 2.05) is 67.5 Å². The molecule has 5 rings (SSSR count). The van der Waals surface area contributed by atoms with E-state index in [0.717, 1.165) is 33.1 Å². The van der Waals surface area contributed by atoms with Gasteiger partial charge in [-0.2, -0.15) is 0 Å². The Hall–Kier alpha value is -3.16. The van der Waals surface area contributed by atoms with Crippen molar-refractivity contribution in [3.63, 3.8) is 0 Å². The van der Waals surface area contributed by atoms with Crippen molar-refractivity contribution in [1.82, 2.24) is 19.5 Å². The van der Waals surface area contributed by atoms with Crippen LogP contribution in [0.2, 0.25) is 5.02 Å². The van der Waals surface area contributed by atoms with Gasteiger partial charge in [-0.05, 0) is 42.0 Å². The van der Waals surface area contributed by atoms with E-state index in [0.29, 0.717) is 15.2 Å². The zero-order chi connectivity index (χ0) is 20.1. The highest BCUT2D eigenvalue weighted by Gasteiger charge is 2.13. The molecule has 0 aliphatic heterocycles. The fourth-order valence-electron chi connectivity index (χ4n) is 3.20. The standard InChI is InChI=1S/C21H16ClN5OS/c1-26(2)21-24-15-8-7-14(9-16(15)25-21)27-11-23-17-10-18(29-19(17)20(27)28)12-3-5-13(22)6-4-12/h3-11H,1-2H3,(H,24,25). The van der Waals surface area contributed by atoms with Crippen molar-refractivity contribution < 1.29 is 0 Å². The van der Waals surface area contributed by atoms with Gasteiger partial charge in [-0.25, -0.2) is 9.97 Å². The van der Waals surface area contributed by atoms with E-state index in [-0.39, 0.29) is 5.56 Å². The molecule has 0 atom stereocenters. The van der Waals surface area contributed by atoms with Gasteiger partial charge in [-0.1, -0.05) is 23.7 Å². The number of hydrogen-bond acceptors (Lipinski definition) is 5. The number of fused-ring (bicyclic) bond motifs is 2. The van der Waals surface area contributed by atoms with Crippen molar-refractivity contribution in [1.29, 1.82) is 0 Å². The Morgan fingerprint density at radius 3 is 2.62 bits per heavy atom. The van der Waals surface area contributed by atoms with Gasteiger partial charge in [0.15, 0.2) is 0 Å². The average molecular weight is 422 g/mol. The maximum atomic E-state index is 13.2. The van der Waals surface area contributed by atoms with E-state index in [9.17, 15) is 4.79 Å². The third-order valence-corrected chi connectivity index (χ3v) is 6.13. The predicted octanol–water partition coefficient (Wildman–Crippen LogP) is 4.71. The topological polar surface area (TPSA) is 66.8 Å². The molecule has 3 heterocycles. The molecule has 0 unspecified atom stereocenters. The number of aromatic amines is 1. The van der Waals surface area contributed by atoms with Crippen LogP contribution < -0.4 is 10.5 Å². The Morgan fingerprint density at radius 2 is 1.86 bits per heavy atom. The van der Waals surface area contributed by atoms with Crippen LogP contribution in [0.1, 0.15) is 0 Å². The SMILES string of the molecule is CN(C)c1nc2ccc(-n3cnc4cc(-c5ccc(Cl)cc5)sc4c3=O)cc2[nH]1. The third-order valence-electron chi connectivity index (χ3n) is 4.72. The smallest absolute Gasteiger partial charge is 0.275 e. The number of halogens is 1. The van der Waals surface area contributed by atoms with E-state index in [1.165, 1.54) is 11.3 Å². The first kappa shape index (κ1) is 17.9. The molecule has 0 amide bonds. The molecule has 0 saturated heterocycles. The second kappa shape index (κ2) is 6.72. The predicted molar refractivity (Wildman–Crippen MR) is 120 cm³/mol. The van der Waals surface area contributed by atoms with E-state index < -0.39 is 0 Å². The summed E-state index contributed by atoms with van der Waals surface area (Å²) in [5.74, 6) is 0.768. The molecule has 5 aromatic rings. The van der Waals surface area contributed by atoms with Gasteiger partial charge in [-0.3, -0.25) is 9.36 Å². The van der Waals surface area contributed by atoms with Crippen LogP contribution in [0, 0.1) is 0 Å². The molecule has 0 fully saturated rings. The van der Waals surface area contributed by atoms with Crippen molar-refractivity contribution in [3.8, 4) is 16.1 Å². The monoisotopic (exact) mass is 421 g/mol. The highest BCUT2D eigenvalue weighted by atomic mass is 35.5. The number of nitrogens with one attached hydrogen (secondary N) is 1. The number of H-pyrrole nitrogens is 1. The fraction of sp³-hybridized carbons (Fsp3) is 0.0952. The molecule has 0 radical (unpaired) electrons. The van der Waals surface area contributed by atoms with Gasteiger partial charge in [0, 0.05) is 24.0 Å². The number of anilines is 1. The van der Waals surface area contributed by atoms with Crippen LogP contribution >= 0.6 is 22.9 Å². The molecule has 29 heavy (non-hydrogen) atoms. The number of rotatable bonds is 3. The summed E-state index contributed by atoms with van der Waals surface area (Å²) in [7, 11) is 3.85. The molecule has 0 aliphatic carbocycles. The molecule has 1 N–H and O–H groups in total. The lowest BCUT2D eigenvalue weighted by molar-refractivity contribution is 0.968. The minimum atomic E-state index is -0.0908. The van der Waals surface area contributed by atoms with E-state index in [1.54, 1.807) is 10.9 Å². The molecule has 0 saturated carbocycles. The molecule has 0 bridgehead atoms. The Balaban J connectivity index is 1.62. The van der Waals surface area contributed by atoms with Crippen molar-refractivity contribution in [3.05, 3.63) is 70.2 Å². The van der Waals surface area contributed by atoms with E-state index in [4.69, 9.17) is 11.6 Å². The van der Waals surface area contributed by atoms with Crippen molar-refractivity contribution >= 4 is 50.1 Å². The highest BCUT2D eigenvalue weighted by molar-refractivity contribution is 7.22. The van der Waals surface area contributed by atoms with Crippen LogP contribution in [0.4, 0.5) is 5.95 Å². The summed E-state index contributed by atoms with van der Waals surface area (Å²) in [5, 5.41) is 0.682. The third kappa shape index (κ3) is 3.08. The number of thiophene rings is 1. The summed E-state index contributed by atoms with van der Waals surface area (Å²) in [4.78, 5) is 28.3. The van der Waals surface area contributed by atoms with Crippen LogP contribution in [0.15, 0.2) is 59.7 Å². The van der Waals surface area contributed by atoms with Crippen molar-refractivity contribution in [2.75, 3.05) is 19.0 Å². The van der Waals surface area contributed by atoms with E-state index in [2.05, 4.69) is 15.0 Å². The number of imidazole rings is 1. The van der Waals surface area contributed by atoms with Crippen LogP contribution in [-0.4, -0.2) is 33.6 Å². The molecular weight excluding hydrogens is 406 g/mol. The maximum absolute atomic E-state index is 13.2. The maximum Gasteiger partial charge on any atom is 0.275 e. The van der Waals surface area contributed by atoms with Gasteiger partial charge in [0.2, 0.25) is 5.95 Å². The first-order valence-electron chi connectivity index (χ1n) is 8.94. The summed E-state index contributed by atoms with van der Waals surface area (Å²) in [6, 6.07) is 15.2. The van der Waals surface area contributed by atoms with Crippen LogP contribution in [0.5, 0.6) is 0 Å². The second-order valence-corrected chi connectivity index (χ2v) is 8.40. The van der Waals surface area contributed by atoms with Crippen molar-refractivity contribution in [2.45, 2.75) is 0 Å². The van der Waals surface area contributed by atoms with Gasteiger partial charge >= 0.3 is 0 Å². The second-order valence-electron chi connectivity index (χ2n) is 6.91. The summed E-state index contributed by atoms with van der Waals surface area (Å²) in [6.45, 7) is 0. The van der Waals surface area contributed by atoms with Gasteiger partial charge in [-0.15, -0.1) is 11.3 Å². The lowest BCUT2D eigenvalue weighted by Gasteiger charge is -2.05. The summed E-state index contributed by atoms with van der Waals surface area (Å²) in [6.07, 6.45) is 1.58. The first-order valence-corrected chi connectivity index (χ1v) is 10.1. The van der Waals surface area contributed by atoms with Crippen LogP contribution in [0.25, 0.3) is 37.4 Å². The Bertz CT molecular complexity index is 1420. The lowest BCUT2D eigenvalue weighted by Crippen LogP contribution is -2.17. The Morgan fingerprint density at radius 1 is 1.07 bits per heavy atom. The normalized spacial score (nSPS) is 11.4. The summed E-state index contributed by atoms with van der Waals surface area (Å²) < 4.78 is 2.19. The summed E-state index contributed by atoms with van der Waals surface area (Å²) >= 11 is 7.42. The highest BCUT2D eigenvalue weighted by Crippen LogP contribution is 2.31.